The van der Waals surface area contributed by atoms with Crippen molar-refractivity contribution in [1.82, 2.24) is 20.5 Å². The molecule has 1 unspecified atom stereocenters. The molecular weight excluding hydrogens is 447 g/mol. The number of halogens is 4. The number of nitrogens with zero attached hydrogens (tertiary/aromatic N) is 3. The lowest BCUT2D eigenvalue weighted by Gasteiger charge is -2.38. The van der Waals surface area contributed by atoms with Gasteiger partial charge in [-0.1, -0.05) is 41.9 Å². The number of alkyl halides is 3. The fourth-order valence-corrected chi connectivity index (χ4v) is 3.63. The van der Waals surface area contributed by atoms with Crippen molar-refractivity contribution >= 4 is 29.4 Å². The number of piperazine rings is 1. The number of benzene rings is 1. The van der Waals surface area contributed by atoms with Crippen LogP contribution in [0.3, 0.4) is 0 Å². The van der Waals surface area contributed by atoms with Crippen LogP contribution in [0, 0.1) is 0 Å². The van der Waals surface area contributed by atoms with Crippen LogP contribution in [0.4, 0.5) is 23.8 Å². The zero-order valence-corrected chi connectivity index (χ0v) is 18.1. The van der Waals surface area contributed by atoms with Crippen LogP contribution in [-0.4, -0.2) is 54.0 Å². The van der Waals surface area contributed by atoms with Crippen LogP contribution in [0.25, 0.3) is 0 Å². The van der Waals surface area contributed by atoms with Gasteiger partial charge < -0.3 is 10.2 Å². The first kappa shape index (κ1) is 23.8. The van der Waals surface area contributed by atoms with Gasteiger partial charge in [-0.2, -0.15) is 13.2 Å². The quantitative estimate of drug-likeness (QED) is 0.702. The summed E-state index contributed by atoms with van der Waals surface area (Å²) in [6.07, 6.45) is -3.75. The van der Waals surface area contributed by atoms with E-state index in [1.165, 1.54) is 0 Å². The van der Waals surface area contributed by atoms with E-state index in [1.807, 2.05) is 35.2 Å². The Labute approximate surface area is 188 Å². The Morgan fingerprint density at radius 2 is 1.81 bits per heavy atom. The van der Waals surface area contributed by atoms with Gasteiger partial charge in [-0.15, -0.1) is 0 Å². The van der Waals surface area contributed by atoms with Crippen LogP contribution < -0.4 is 15.5 Å². The number of hydrogen-bond acceptors (Lipinski definition) is 5. The molecule has 1 aromatic heterocycles. The summed E-state index contributed by atoms with van der Waals surface area (Å²) in [5.74, 6) is -0.161. The summed E-state index contributed by atoms with van der Waals surface area (Å²) in [7, 11) is 0. The fraction of sp³-hybridized carbons (Fsp3) is 0.381. The number of imide groups is 1. The first-order valence-corrected chi connectivity index (χ1v) is 10.4. The molecule has 1 aliphatic heterocycles. The molecule has 0 radical (unpaired) electrons. The summed E-state index contributed by atoms with van der Waals surface area (Å²) in [6.45, 7) is 3.76. The van der Waals surface area contributed by atoms with Crippen LogP contribution >= 0.6 is 11.6 Å². The lowest BCUT2D eigenvalue weighted by Crippen LogP contribution is -2.55. The van der Waals surface area contributed by atoms with Gasteiger partial charge in [-0.25, -0.2) is 9.78 Å². The van der Waals surface area contributed by atoms with Gasteiger partial charge >= 0.3 is 12.2 Å². The van der Waals surface area contributed by atoms with E-state index in [-0.39, 0.29) is 10.8 Å². The number of aromatic nitrogens is 1. The van der Waals surface area contributed by atoms with Crippen LogP contribution in [0.15, 0.2) is 42.6 Å². The molecule has 1 aromatic carbocycles. The molecule has 2 N–H and O–H groups in total. The van der Waals surface area contributed by atoms with E-state index < -0.39 is 29.7 Å². The molecule has 1 aliphatic rings. The highest BCUT2D eigenvalue weighted by Crippen LogP contribution is 2.33. The molecule has 0 spiro atoms. The van der Waals surface area contributed by atoms with Crippen molar-refractivity contribution in [3.8, 4) is 0 Å². The number of urea groups is 1. The summed E-state index contributed by atoms with van der Waals surface area (Å²) in [6, 6.07) is 9.03. The number of anilines is 1. The van der Waals surface area contributed by atoms with E-state index in [2.05, 4.69) is 15.6 Å². The summed E-state index contributed by atoms with van der Waals surface area (Å²) >= 11 is 6.02. The summed E-state index contributed by atoms with van der Waals surface area (Å²) in [5.41, 5.74) is 0.00975. The molecule has 0 saturated carbocycles. The zero-order chi connectivity index (χ0) is 23.3. The predicted molar refractivity (Wildman–Crippen MR) is 114 cm³/mol. The highest BCUT2D eigenvalue weighted by atomic mass is 35.5. The Hall–Kier alpha value is -2.85. The normalized spacial score (nSPS) is 15.8. The summed E-state index contributed by atoms with van der Waals surface area (Å²) < 4.78 is 38.4. The Morgan fingerprint density at radius 3 is 2.41 bits per heavy atom. The van der Waals surface area contributed by atoms with E-state index in [4.69, 9.17) is 11.6 Å². The van der Waals surface area contributed by atoms with E-state index in [9.17, 15) is 22.8 Å². The van der Waals surface area contributed by atoms with Crippen molar-refractivity contribution in [1.29, 1.82) is 0 Å². The first-order chi connectivity index (χ1) is 15.1. The average Bonchev–Trinajstić information content (AvgIpc) is 2.77. The number of amides is 3. The Morgan fingerprint density at radius 1 is 1.16 bits per heavy atom. The molecule has 0 bridgehead atoms. The van der Waals surface area contributed by atoms with Gasteiger partial charge in [-0.05, 0) is 18.6 Å². The Kier molecular flexibility index (Phi) is 7.57. The molecule has 2 heterocycles. The third kappa shape index (κ3) is 6.10. The van der Waals surface area contributed by atoms with E-state index in [1.54, 1.807) is 11.8 Å². The standard InChI is InChI=1S/C21H23ClF3N5O2/c1-14(19(31)28-20(32)27-12-15-5-3-2-4-6-15)29-7-9-30(10-8-29)18-17(22)11-16(13-26-18)21(23,24)25/h2-6,11,13-14H,7-10,12H2,1H3,(H2,27,28,31,32). The van der Waals surface area contributed by atoms with E-state index >= 15 is 0 Å². The first-order valence-electron chi connectivity index (χ1n) is 9.99. The largest absolute Gasteiger partial charge is 0.417 e. The number of pyridine rings is 1. The molecule has 1 saturated heterocycles. The Balaban J connectivity index is 1.49. The van der Waals surface area contributed by atoms with Crippen molar-refractivity contribution in [3.05, 3.63) is 58.7 Å². The van der Waals surface area contributed by atoms with Crippen molar-refractivity contribution in [3.63, 3.8) is 0 Å². The van der Waals surface area contributed by atoms with Crippen LogP contribution in [0.2, 0.25) is 5.02 Å². The van der Waals surface area contributed by atoms with Gasteiger partial charge in [0.25, 0.3) is 0 Å². The van der Waals surface area contributed by atoms with Crippen LogP contribution in [0.1, 0.15) is 18.1 Å². The van der Waals surface area contributed by atoms with Crippen molar-refractivity contribution in [2.75, 3.05) is 31.1 Å². The number of carbonyl (C=O) groups excluding carboxylic acids is 2. The smallest absolute Gasteiger partial charge is 0.353 e. The molecule has 172 valence electrons. The van der Waals surface area contributed by atoms with E-state index in [0.717, 1.165) is 17.8 Å². The topological polar surface area (TPSA) is 77.6 Å². The molecule has 11 heteroatoms. The molecule has 1 fully saturated rings. The van der Waals surface area contributed by atoms with Crippen molar-refractivity contribution in [2.24, 2.45) is 0 Å². The second-order valence-corrected chi connectivity index (χ2v) is 7.79. The lowest BCUT2D eigenvalue weighted by molar-refractivity contribution is -0.137. The second-order valence-electron chi connectivity index (χ2n) is 7.38. The summed E-state index contributed by atoms with van der Waals surface area (Å²) in [4.78, 5) is 32.0. The molecule has 32 heavy (non-hydrogen) atoms. The van der Waals surface area contributed by atoms with E-state index in [0.29, 0.717) is 32.7 Å². The summed E-state index contributed by atoms with van der Waals surface area (Å²) in [5, 5.41) is 4.90. The number of hydrogen-bond donors (Lipinski definition) is 2. The third-order valence-corrected chi connectivity index (χ3v) is 5.50. The zero-order valence-electron chi connectivity index (χ0n) is 17.3. The maximum Gasteiger partial charge on any atom is 0.417 e. The molecule has 7 nitrogen and oxygen atoms in total. The van der Waals surface area contributed by atoms with Gasteiger partial charge in [0.05, 0.1) is 16.6 Å². The molecule has 0 aliphatic carbocycles. The average molecular weight is 470 g/mol. The minimum atomic E-state index is -4.51. The number of carbonyl (C=O) groups is 2. The van der Waals surface area contributed by atoms with Crippen LogP contribution in [0.5, 0.6) is 0 Å². The van der Waals surface area contributed by atoms with Crippen molar-refractivity contribution < 1.29 is 22.8 Å². The SMILES string of the molecule is CC(C(=O)NC(=O)NCc1ccccc1)N1CCN(c2ncc(C(F)(F)F)cc2Cl)CC1. The lowest BCUT2D eigenvalue weighted by atomic mass is 10.2. The Bertz CT molecular complexity index is 950. The van der Waals surface area contributed by atoms with Crippen molar-refractivity contribution in [2.45, 2.75) is 25.7 Å². The fourth-order valence-electron chi connectivity index (χ4n) is 3.34. The highest BCUT2D eigenvalue weighted by molar-refractivity contribution is 6.33. The molecule has 3 rings (SSSR count). The van der Waals surface area contributed by atoms with Crippen LogP contribution in [-0.2, 0) is 17.5 Å². The predicted octanol–water partition coefficient (Wildman–Crippen LogP) is 3.29. The van der Waals surface area contributed by atoms with Gasteiger partial charge in [-0.3, -0.25) is 15.0 Å². The van der Waals surface area contributed by atoms with Gasteiger partial charge in [0.15, 0.2) is 0 Å². The molecular formula is C21H23ClF3N5O2. The minimum absolute atomic E-state index is 0.0749. The number of rotatable bonds is 5. The highest BCUT2D eigenvalue weighted by Gasteiger charge is 2.33. The maximum absolute atomic E-state index is 12.8. The maximum atomic E-state index is 12.8. The van der Waals surface area contributed by atoms with Gasteiger partial charge in [0, 0.05) is 38.9 Å². The third-order valence-electron chi connectivity index (χ3n) is 5.22. The molecule has 2 aromatic rings. The molecule has 3 amide bonds. The second kappa shape index (κ2) is 10.2. The molecule has 1 atom stereocenters. The number of nitrogens with one attached hydrogen (secondary N) is 2. The van der Waals surface area contributed by atoms with Gasteiger partial charge in [0.2, 0.25) is 5.91 Å². The monoisotopic (exact) mass is 469 g/mol. The minimum Gasteiger partial charge on any atom is -0.353 e. The van der Waals surface area contributed by atoms with Gasteiger partial charge in [0.1, 0.15) is 5.82 Å².